The molecule has 27 heavy (non-hydrogen) atoms. The molecule has 2 rings (SSSR count). The summed E-state index contributed by atoms with van der Waals surface area (Å²) in [5.41, 5.74) is 1.21. The molecule has 0 heterocycles. The topological polar surface area (TPSA) is 108 Å². The Morgan fingerprint density at radius 3 is 2.59 bits per heavy atom. The molecule has 0 spiro atoms. The first-order chi connectivity index (χ1) is 13.0. The maximum atomic E-state index is 11.9. The molecule has 0 aliphatic heterocycles. The van der Waals surface area contributed by atoms with Gasteiger partial charge in [0.2, 0.25) is 0 Å². The summed E-state index contributed by atoms with van der Waals surface area (Å²) >= 11 is 0. The van der Waals surface area contributed by atoms with E-state index in [2.05, 4.69) is 5.32 Å². The number of amides is 1. The molecule has 0 unspecified atom stereocenters. The number of hydrogen-bond donors (Lipinski definition) is 1. The first-order valence-electron chi connectivity index (χ1n) is 8.10. The third kappa shape index (κ3) is 6.62. The molecule has 8 heteroatoms. The molecular formula is C19H18N2O6. The third-order valence-corrected chi connectivity index (χ3v) is 3.29. The summed E-state index contributed by atoms with van der Waals surface area (Å²) in [6, 6.07) is 12.4. The highest BCUT2D eigenvalue weighted by molar-refractivity contribution is 5.92. The summed E-state index contributed by atoms with van der Waals surface area (Å²) in [6.45, 7) is 1.75. The third-order valence-electron chi connectivity index (χ3n) is 3.29. The lowest BCUT2D eigenvalue weighted by Crippen LogP contribution is -2.20. The lowest BCUT2D eigenvalue weighted by Gasteiger charge is -2.07. The molecule has 0 aliphatic carbocycles. The second-order valence-electron chi connectivity index (χ2n) is 5.30. The predicted molar refractivity (Wildman–Crippen MR) is 99.3 cm³/mol. The zero-order valence-corrected chi connectivity index (χ0v) is 14.6. The van der Waals surface area contributed by atoms with Crippen LogP contribution < -0.4 is 10.1 Å². The van der Waals surface area contributed by atoms with Crippen LogP contribution in [0.1, 0.15) is 12.5 Å². The van der Waals surface area contributed by atoms with Gasteiger partial charge in [0.05, 0.1) is 17.6 Å². The van der Waals surface area contributed by atoms with Gasteiger partial charge in [-0.2, -0.15) is 0 Å². The molecule has 0 atom stereocenters. The average Bonchev–Trinajstić information content (AvgIpc) is 2.66. The number of nitrogens with zero attached hydrogens (tertiary/aromatic N) is 1. The highest BCUT2D eigenvalue weighted by Gasteiger charge is 2.08. The van der Waals surface area contributed by atoms with Gasteiger partial charge in [0, 0.05) is 17.8 Å². The molecule has 140 valence electrons. The summed E-state index contributed by atoms with van der Waals surface area (Å²) in [6.07, 6.45) is 2.93. The van der Waals surface area contributed by atoms with Crippen molar-refractivity contribution in [1.82, 2.24) is 0 Å². The number of nitro groups is 1. The van der Waals surface area contributed by atoms with Crippen LogP contribution in [-0.4, -0.2) is 30.0 Å². The van der Waals surface area contributed by atoms with Crippen molar-refractivity contribution in [3.05, 3.63) is 70.3 Å². The Balaban J connectivity index is 1.86. The van der Waals surface area contributed by atoms with Crippen molar-refractivity contribution in [2.75, 3.05) is 18.5 Å². The Morgan fingerprint density at radius 2 is 1.93 bits per heavy atom. The van der Waals surface area contributed by atoms with Crippen molar-refractivity contribution in [1.29, 1.82) is 0 Å². The van der Waals surface area contributed by atoms with E-state index in [1.165, 1.54) is 30.3 Å². The van der Waals surface area contributed by atoms with Gasteiger partial charge in [0.1, 0.15) is 5.75 Å². The number of benzene rings is 2. The maximum Gasteiger partial charge on any atom is 0.330 e. The van der Waals surface area contributed by atoms with Gasteiger partial charge in [-0.1, -0.05) is 18.2 Å². The summed E-state index contributed by atoms with van der Waals surface area (Å²) in [5.74, 6) is -0.594. The zero-order chi connectivity index (χ0) is 19.6. The van der Waals surface area contributed by atoms with Crippen molar-refractivity contribution in [3.8, 4) is 5.75 Å². The molecule has 0 saturated carbocycles. The van der Waals surface area contributed by atoms with Gasteiger partial charge < -0.3 is 14.8 Å². The van der Waals surface area contributed by atoms with Gasteiger partial charge in [0.25, 0.3) is 11.6 Å². The molecule has 0 saturated heterocycles. The number of hydrogen-bond acceptors (Lipinski definition) is 6. The van der Waals surface area contributed by atoms with E-state index >= 15 is 0 Å². The number of ether oxygens (including phenoxy) is 2. The van der Waals surface area contributed by atoms with E-state index in [1.807, 2.05) is 0 Å². The minimum Gasteiger partial charge on any atom is -0.484 e. The Morgan fingerprint density at radius 1 is 1.19 bits per heavy atom. The predicted octanol–water partition coefficient (Wildman–Crippen LogP) is 3.19. The quantitative estimate of drug-likeness (QED) is 0.331. The molecule has 0 radical (unpaired) electrons. The van der Waals surface area contributed by atoms with Crippen LogP contribution in [0.15, 0.2) is 54.6 Å². The number of rotatable bonds is 8. The van der Waals surface area contributed by atoms with E-state index in [9.17, 15) is 19.7 Å². The van der Waals surface area contributed by atoms with Gasteiger partial charge in [-0.3, -0.25) is 14.9 Å². The molecule has 8 nitrogen and oxygen atoms in total. The van der Waals surface area contributed by atoms with Crippen molar-refractivity contribution >= 4 is 29.3 Å². The molecule has 0 fully saturated rings. The summed E-state index contributed by atoms with van der Waals surface area (Å²) in [5, 5.41) is 13.4. The van der Waals surface area contributed by atoms with E-state index in [4.69, 9.17) is 9.47 Å². The number of nitro benzene ring substituents is 1. The number of carbonyl (C=O) groups excluding carboxylic acids is 2. The zero-order valence-electron chi connectivity index (χ0n) is 14.6. The molecule has 0 bridgehead atoms. The molecule has 2 aromatic carbocycles. The highest BCUT2D eigenvalue weighted by atomic mass is 16.6. The second kappa shape index (κ2) is 9.71. The van der Waals surface area contributed by atoms with E-state index in [0.717, 1.165) is 5.56 Å². The van der Waals surface area contributed by atoms with Gasteiger partial charge >= 0.3 is 5.97 Å². The Hall–Kier alpha value is -3.68. The van der Waals surface area contributed by atoms with E-state index in [1.54, 1.807) is 37.3 Å². The van der Waals surface area contributed by atoms with Crippen molar-refractivity contribution < 1.29 is 24.0 Å². The lowest BCUT2D eigenvalue weighted by molar-refractivity contribution is -0.384. The van der Waals surface area contributed by atoms with Crippen molar-refractivity contribution in [2.45, 2.75) is 6.92 Å². The van der Waals surface area contributed by atoms with Crippen LogP contribution in [0.2, 0.25) is 0 Å². The van der Waals surface area contributed by atoms with Crippen LogP contribution in [0.5, 0.6) is 5.75 Å². The fraction of sp³-hybridized carbons (Fsp3) is 0.158. The van der Waals surface area contributed by atoms with Crippen LogP contribution in [0.4, 0.5) is 11.4 Å². The molecular weight excluding hydrogens is 352 g/mol. The SMILES string of the molecule is CCOC(=O)/C=C\c1ccc(NC(=O)COc2cccc([N+](=O)[O-])c2)cc1. The van der Waals surface area contributed by atoms with Crippen molar-refractivity contribution in [2.24, 2.45) is 0 Å². The summed E-state index contributed by atoms with van der Waals surface area (Å²) in [7, 11) is 0. The Bertz CT molecular complexity index is 846. The van der Waals surface area contributed by atoms with E-state index in [0.29, 0.717) is 12.3 Å². The van der Waals surface area contributed by atoms with Crippen LogP contribution in [0.25, 0.3) is 6.08 Å². The maximum absolute atomic E-state index is 11.9. The Kier molecular flexibility index (Phi) is 7.07. The molecule has 0 aliphatic rings. The van der Waals surface area contributed by atoms with Crippen LogP contribution in [-0.2, 0) is 14.3 Å². The summed E-state index contributed by atoms with van der Waals surface area (Å²) < 4.78 is 10.1. The van der Waals surface area contributed by atoms with Gasteiger partial charge in [-0.25, -0.2) is 4.79 Å². The van der Waals surface area contributed by atoms with Crippen LogP contribution in [0, 0.1) is 10.1 Å². The lowest BCUT2D eigenvalue weighted by atomic mass is 10.2. The number of anilines is 1. The largest absolute Gasteiger partial charge is 0.484 e. The highest BCUT2D eigenvalue weighted by Crippen LogP contribution is 2.19. The first kappa shape index (κ1) is 19.6. The molecule has 0 aromatic heterocycles. The van der Waals surface area contributed by atoms with Gasteiger partial charge in [-0.05, 0) is 36.8 Å². The number of non-ortho nitro benzene ring substituents is 1. The fourth-order valence-corrected chi connectivity index (χ4v) is 2.07. The van der Waals surface area contributed by atoms with Gasteiger partial charge in [0.15, 0.2) is 6.61 Å². The minimum atomic E-state index is -0.537. The van der Waals surface area contributed by atoms with Crippen LogP contribution in [0.3, 0.4) is 0 Å². The number of nitrogens with one attached hydrogen (secondary N) is 1. The number of esters is 1. The average molecular weight is 370 g/mol. The van der Waals surface area contributed by atoms with Crippen LogP contribution >= 0.6 is 0 Å². The monoisotopic (exact) mass is 370 g/mol. The normalized spacial score (nSPS) is 10.4. The molecule has 1 amide bonds. The number of carbonyl (C=O) groups is 2. The minimum absolute atomic E-state index is 0.112. The molecule has 2 aromatic rings. The van der Waals surface area contributed by atoms with Crippen molar-refractivity contribution in [3.63, 3.8) is 0 Å². The van der Waals surface area contributed by atoms with Gasteiger partial charge in [-0.15, -0.1) is 0 Å². The van der Waals surface area contributed by atoms with E-state index < -0.39 is 16.8 Å². The summed E-state index contributed by atoms with van der Waals surface area (Å²) in [4.78, 5) is 33.4. The Labute approximate surface area is 155 Å². The van der Waals surface area contributed by atoms with E-state index in [-0.39, 0.29) is 18.0 Å². The standard InChI is InChI=1S/C19H18N2O6/c1-2-26-19(23)11-8-14-6-9-15(10-7-14)20-18(22)13-27-17-5-3-4-16(12-17)21(24)25/h3-12H,2,13H2,1H3,(H,20,22)/b11-8-. The molecule has 1 N–H and O–H groups in total. The smallest absolute Gasteiger partial charge is 0.330 e. The first-order valence-corrected chi connectivity index (χ1v) is 8.10. The fourth-order valence-electron chi connectivity index (χ4n) is 2.07. The second-order valence-corrected chi connectivity index (χ2v) is 5.30.